The fourth-order valence-corrected chi connectivity index (χ4v) is 3.24. The summed E-state index contributed by atoms with van der Waals surface area (Å²) in [4.78, 5) is 18.3. The van der Waals surface area contributed by atoms with E-state index in [1.807, 2.05) is 0 Å². The number of hydrogen-bond donors (Lipinski definition) is 1. The molecule has 25 heavy (non-hydrogen) atoms. The van der Waals surface area contributed by atoms with Gasteiger partial charge in [-0.25, -0.2) is 0 Å². The van der Waals surface area contributed by atoms with Gasteiger partial charge >= 0.3 is 6.18 Å². The Hall–Kier alpha value is -2.41. The molecule has 0 bridgehead atoms. The summed E-state index contributed by atoms with van der Waals surface area (Å²) in [6.07, 6.45) is -2.98. The van der Waals surface area contributed by atoms with Crippen molar-refractivity contribution in [1.82, 2.24) is 9.88 Å². The third kappa shape index (κ3) is 3.51. The lowest BCUT2D eigenvalue weighted by Crippen LogP contribution is -2.31. The molecule has 4 nitrogen and oxygen atoms in total. The average molecular weight is 350 g/mol. The number of pyridine rings is 1. The van der Waals surface area contributed by atoms with Crippen LogP contribution in [0, 0.1) is 5.92 Å². The molecule has 2 unspecified atom stereocenters. The fraction of sp³-hybridized carbons (Fsp3) is 0.333. The van der Waals surface area contributed by atoms with Crippen LogP contribution in [0.5, 0.6) is 0 Å². The Kier molecular flexibility index (Phi) is 4.76. The van der Waals surface area contributed by atoms with E-state index >= 15 is 0 Å². The molecule has 2 heterocycles. The van der Waals surface area contributed by atoms with Gasteiger partial charge in [-0.3, -0.25) is 9.78 Å². The monoisotopic (exact) mass is 350 g/mol. The van der Waals surface area contributed by atoms with Gasteiger partial charge in [0.25, 0.3) is 5.91 Å². The summed E-state index contributed by atoms with van der Waals surface area (Å²) in [5, 5.41) is 9.61. The molecule has 1 amide bonds. The minimum absolute atomic E-state index is 0.161. The summed E-state index contributed by atoms with van der Waals surface area (Å²) in [6, 6.07) is 10.1. The first kappa shape index (κ1) is 17.4. The number of benzene rings is 1. The molecule has 0 aliphatic carbocycles. The number of rotatable bonds is 3. The summed E-state index contributed by atoms with van der Waals surface area (Å²) in [6.45, 7) is 0.266. The number of halogens is 3. The van der Waals surface area contributed by atoms with Gasteiger partial charge in [0, 0.05) is 43.4 Å². The fourth-order valence-electron chi connectivity index (χ4n) is 3.24. The molecule has 132 valence electrons. The van der Waals surface area contributed by atoms with Gasteiger partial charge in [-0.2, -0.15) is 13.2 Å². The minimum atomic E-state index is -4.59. The second kappa shape index (κ2) is 6.84. The highest BCUT2D eigenvalue weighted by Crippen LogP contribution is 2.35. The molecule has 0 spiro atoms. The molecule has 1 N–H and O–H groups in total. The molecular formula is C18H17F3N2O2. The number of carbonyl (C=O) groups is 1. The normalized spacial score (nSPS) is 20.7. The summed E-state index contributed by atoms with van der Waals surface area (Å²) in [5.41, 5.74) is -0.587. The largest absolute Gasteiger partial charge is 0.417 e. The van der Waals surface area contributed by atoms with Gasteiger partial charge in [-0.05, 0) is 24.3 Å². The quantitative estimate of drug-likeness (QED) is 0.926. The number of likely N-dealkylation sites (tertiary alicyclic amines) is 1. The van der Waals surface area contributed by atoms with Crippen LogP contribution in [0.2, 0.25) is 0 Å². The molecule has 1 aromatic heterocycles. The molecule has 7 heteroatoms. The smallest absolute Gasteiger partial charge is 0.396 e. The first-order valence-corrected chi connectivity index (χ1v) is 7.89. The van der Waals surface area contributed by atoms with Gasteiger partial charge in [0.1, 0.15) is 0 Å². The van der Waals surface area contributed by atoms with Crippen LogP contribution in [0.4, 0.5) is 13.2 Å². The van der Waals surface area contributed by atoms with Crippen molar-refractivity contribution in [2.24, 2.45) is 5.92 Å². The van der Waals surface area contributed by atoms with Crippen LogP contribution in [0.3, 0.4) is 0 Å². The van der Waals surface area contributed by atoms with Gasteiger partial charge in [0.05, 0.1) is 11.1 Å². The molecule has 2 aromatic rings. The van der Waals surface area contributed by atoms with Crippen LogP contribution in [0.25, 0.3) is 0 Å². The maximum Gasteiger partial charge on any atom is 0.417 e. The lowest BCUT2D eigenvalue weighted by atomic mass is 9.93. The number of aliphatic hydroxyl groups excluding tert-OH is 1. The molecule has 1 aliphatic rings. The van der Waals surface area contributed by atoms with E-state index < -0.39 is 17.6 Å². The topological polar surface area (TPSA) is 53.4 Å². The van der Waals surface area contributed by atoms with Crippen molar-refractivity contribution in [2.75, 3.05) is 19.7 Å². The Morgan fingerprint density at radius 3 is 2.52 bits per heavy atom. The molecular weight excluding hydrogens is 333 g/mol. The van der Waals surface area contributed by atoms with E-state index in [0.29, 0.717) is 0 Å². The van der Waals surface area contributed by atoms with Crippen molar-refractivity contribution in [3.05, 3.63) is 65.5 Å². The third-order valence-corrected chi connectivity index (χ3v) is 4.49. The molecule has 3 rings (SSSR count). The lowest BCUT2D eigenvalue weighted by molar-refractivity contribution is -0.138. The van der Waals surface area contributed by atoms with Crippen LogP contribution in [0.1, 0.15) is 27.5 Å². The number of aromatic nitrogens is 1. The van der Waals surface area contributed by atoms with Crippen LogP contribution >= 0.6 is 0 Å². The van der Waals surface area contributed by atoms with Crippen molar-refractivity contribution in [1.29, 1.82) is 0 Å². The van der Waals surface area contributed by atoms with E-state index in [0.717, 1.165) is 11.8 Å². The van der Waals surface area contributed by atoms with Crippen molar-refractivity contribution < 1.29 is 23.1 Å². The van der Waals surface area contributed by atoms with Crippen molar-refractivity contribution in [3.63, 3.8) is 0 Å². The molecule has 1 aromatic carbocycles. The molecule has 2 atom stereocenters. The number of amides is 1. The van der Waals surface area contributed by atoms with E-state index in [-0.39, 0.29) is 37.1 Å². The van der Waals surface area contributed by atoms with E-state index in [4.69, 9.17) is 0 Å². The number of alkyl halides is 3. The van der Waals surface area contributed by atoms with E-state index in [2.05, 4.69) is 4.98 Å². The van der Waals surface area contributed by atoms with Crippen molar-refractivity contribution in [2.45, 2.75) is 12.1 Å². The zero-order valence-corrected chi connectivity index (χ0v) is 13.3. The van der Waals surface area contributed by atoms with E-state index in [1.165, 1.54) is 23.1 Å². The number of nitrogens with zero attached hydrogens (tertiary/aromatic N) is 2. The van der Waals surface area contributed by atoms with Crippen molar-refractivity contribution >= 4 is 5.91 Å². The van der Waals surface area contributed by atoms with Crippen LogP contribution in [0.15, 0.2) is 48.7 Å². The Morgan fingerprint density at radius 1 is 1.16 bits per heavy atom. The van der Waals surface area contributed by atoms with E-state index in [9.17, 15) is 23.1 Å². The summed E-state index contributed by atoms with van der Waals surface area (Å²) in [7, 11) is 0. The SMILES string of the molecule is O=C(c1ccccc1C(F)(F)F)N1CC(CO)C(c2ccccn2)C1. The molecule has 1 saturated heterocycles. The summed E-state index contributed by atoms with van der Waals surface area (Å²) >= 11 is 0. The number of carbonyl (C=O) groups excluding carboxylic acids is 1. The summed E-state index contributed by atoms with van der Waals surface area (Å²) < 4.78 is 39.5. The van der Waals surface area contributed by atoms with Gasteiger partial charge in [-0.1, -0.05) is 18.2 Å². The molecule has 1 fully saturated rings. The highest BCUT2D eigenvalue weighted by atomic mass is 19.4. The highest BCUT2D eigenvalue weighted by Gasteiger charge is 2.40. The first-order chi connectivity index (χ1) is 11.9. The maximum absolute atomic E-state index is 13.2. The van der Waals surface area contributed by atoms with Gasteiger partial charge in [-0.15, -0.1) is 0 Å². The summed E-state index contributed by atoms with van der Waals surface area (Å²) in [5.74, 6) is -1.13. The van der Waals surface area contributed by atoms with Gasteiger partial charge < -0.3 is 10.0 Å². The molecule has 1 aliphatic heterocycles. The highest BCUT2D eigenvalue weighted by molar-refractivity contribution is 5.96. The maximum atomic E-state index is 13.2. The predicted octanol–water partition coefficient (Wildman–Crippen LogP) is 2.95. The van der Waals surface area contributed by atoms with Crippen molar-refractivity contribution in [3.8, 4) is 0 Å². The zero-order chi connectivity index (χ0) is 18.0. The minimum Gasteiger partial charge on any atom is -0.396 e. The number of aliphatic hydroxyl groups is 1. The van der Waals surface area contributed by atoms with Crippen LogP contribution in [-0.4, -0.2) is 40.6 Å². The number of hydrogen-bond acceptors (Lipinski definition) is 3. The Balaban J connectivity index is 1.87. The Morgan fingerprint density at radius 2 is 1.88 bits per heavy atom. The van der Waals surface area contributed by atoms with Gasteiger partial charge in [0.2, 0.25) is 0 Å². The molecule has 0 saturated carbocycles. The second-order valence-corrected chi connectivity index (χ2v) is 6.06. The van der Waals surface area contributed by atoms with Gasteiger partial charge in [0.15, 0.2) is 0 Å². The zero-order valence-electron chi connectivity index (χ0n) is 13.3. The average Bonchev–Trinajstić information content (AvgIpc) is 3.05. The Labute approximate surface area is 142 Å². The first-order valence-electron chi connectivity index (χ1n) is 7.89. The standard InChI is InChI=1S/C18H17F3N2O2/c19-18(20,21)15-6-2-1-5-13(15)17(25)23-9-12(11-24)14(10-23)16-7-3-4-8-22-16/h1-8,12,14,24H,9-11H2. The van der Waals surface area contributed by atoms with E-state index in [1.54, 1.807) is 24.4 Å². The lowest BCUT2D eigenvalue weighted by Gasteiger charge is -2.19. The predicted molar refractivity (Wildman–Crippen MR) is 84.9 cm³/mol. The third-order valence-electron chi connectivity index (χ3n) is 4.49. The Bertz CT molecular complexity index is 749. The van der Waals surface area contributed by atoms with Crippen LogP contribution in [-0.2, 0) is 6.18 Å². The molecule has 0 radical (unpaired) electrons. The second-order valence-electron chi connectivity index (χ2n) is 6.06. The van der Waals surface area contributed by atoms with Crippen LogP contribution < -0.4 is 0 Å².